The van der Waals surface area contributed by atoms with Gasteiger partial charge in [0.15, 0.2) is 0 Å². The summed E-state index contributed by atoms with van der Waals surface area (Å²) < 4.78 is 9.04. The second-order valence-corrected chi connectivity index (χ2v) is 10.1. The third kappa shape index (κ3) is 9.85. The number of unbranched alkanes of at least 4 members (excludes halogenated alkanes) is 6. The van der Waals surface area contributed by atoms with E-state index in [4.69, 9.17) is 0 Å². The Morgan fingerprint density at radius 2 is 0.921 bits per heavy atom. The molecule has 4 rings (SSSR count). The summed E-state index contributed by atoms with van der Waals surface area (Å²) in [5, 5.41) is 0. The molecular weight excluding hydrogens is 600 g/mol. The van der Waals surface area contributed by atoms with Crippen LogP contribution < -0.4 is 43.1 Å². The Morgan fingerprint density at radius 1 is 0.526 bits per heavy atom. The summed E-state index contributed by atoms with van der Waals surface area (Å²) in [4.78, 5) is 0. The maximum Gasteiger partial charge on any atom is 0.248 e. The van der Waals surface area contributed by atoms with Gasteiger partial charge < -0.3 is 34.0 Å². The quantitative estimate of drug-likeness (QED) is 0.135. The minimum atomic E-state index is 0. The molecular formula is C32H44Br2N4. The van der Waals surface area contributed by atoms with Gasteiger partial charge in [-0.1, -0.05) is 63.8 Å². The molecule has 0 aliphatic rings. The van der Waals surface area contributed by atoms with Crippen LogP contribution in [0.2, 0.25) is 0 Å². The third-order valence-corrected chi connectivity index (χ3v) is 7.09. The number of aromatic nitrogens is 4. The maximum atomic E-state index is 2.30. The first-order valence-electron chi connectivity index (χ1n) is 14.1. The van der Waals surface area contributed by atoms with Crippen molar-refractivity contribution in [3.8, 4) is 11.4 Å². The fourth-order valence-corrected chi connectivity index (χ4v) is 4.76. The van der Waals surface area contributed by atoms with E-state index in [1.807, 2.05) is 0 Å². The van der Waals surface area contributed by atoms with Crippen molar-refractivity contribution in [2.75, 3.05) is 0 Å². The van der Waals surface area contributed by atoms with Crippen molar-refractivity contribution in [2.24, 2.45) is 0 Å². The van der Waals surface area contributed by atoms with Gasteiger partial charge in [0.05, 0.1) is 13.1 Å². The molecule has 2 heterocycles. The predicted molar refractivity (Wildman–Crippen MR) is 148 cm³/mol. The van der Waals surface area contributed by atoms with Gasteiger partial charge in [0.1, 0.15) is 36.2 Å². The van der Waals surface area contributed by atoms with E-state index in [0.717, 1.165) is 25.9 Å². The highest BCUT2D eigenvalue weighted by Gasteiger charge is 2.08. The lowest BCUT2D eigenvalue weighted by atomic mass is 10.0. The van der Waals surface area contributed by atoms with Gasteiger partial charge in [-0.25, -0.2) is 18.3 Å². The van der Waals surface area contributed by atoms with Gasteiger partial charge in [0.2, 0.25) is 12.7 Å². The van der Waals surface area contributed by atoms with Crippen molar-refractivity contribution in [3.05, 3.63) is 97.1 Å². The van der Waals surface area contributed by atoms with Gasteiger partial charge in [-0.2, -0.15) is 0 Å². The van der Waals surface area contributed by atoms with Crippen LogP contribution in [0.3, 0.4) is 0 Å². The van der Waals surface area contributed by atoms with Crippen LogP contribution in [0.5, 0.6) is 0 Å². The first-order valence-corrected chi connectivity index (χ1v) is 14.1. The lowest BCUT2D eigenvalue weighted by Gasteiger charge is -2.04. The van der Waals surface area contributed by atoms with Crippen LogP contribution in [-0.2, 0) is 25.9 Å². The van der Waals surface area contributed by atoms with Crippen molar-refractivity contribution >= 4 is 0 Å². The number of hydrogen-bond acceptors (Lipinski definition) is 0. The van der Waals surface area contributed by atoms with Gasteiger partial charge in [-0.05, 0) is 73.9 Å². The van der Waals surface area contributed by atoms with Gasteiger partial charge in [-0.15, -0.1) is 0 Å². The summed E-state index contributed by atoms with van der Waals surface area (Å²) >= 11 is 0. The summed E-state index contributed by atoms with van der Waals surface area (Å²) in [5.41, 5.74) is 5.23. The Labute approximate surface area is 250 Å². The molecule has 0 spiro atoms. The number of halogens is 2. The van der Waals surface area contributed by atoms with Gasteiger partial charge >= 0.3 is 0 Å². The van der Waals surface area contributed by atoms with Crippen LogP contribution in [0.15, 0.2) is 86.0 Å². The fourth-order valence-electron chi connectivity index (χ4n) is 4.76. The summed E-state index contributed by atoms with van der Waals surface area (Å²) in [6.45, 7) is 6.73. The molecule has 0 N–H and O–H groups in total. The zero-order valence-corrected chi connectivity index (χ0v) is 26.3. The summed E-state index contributed by atoms with van der Waals surface area (Å²) in [7, 11) is 0. The molecule has 0 atom stereocenters. The van der Waals surface area contributed by atoms with E-state index in [1.165, 1.54) is 73.9 Å². The zero-order valence-electron chi connectivity index (χ0n) is 23.1. The van der Waals surface area contributed by atoms with Crippen LogP contribution in [0.4, 0.5) is 0 Å². The average molecular weight is 645 g/mol. The first-order chi connectivity index (χ1) is 17.7. The molecule has 0 saturated heterocycles. The molecule has 2 aromatic heterocycles. The number of nitrogens with zero attached hydrogens (tertiary/aromatic N) is 4. The van der Waals surface area contributed by atoms with E-state index in [1.54, 1.807) is 0 Å². The number of hydrogen-bond donors (Lipinski definition) is 0. The van der Waals surface area contributed by atoms with Gasteiger partial charge in [-0.3, -0.25) is 0 Å². The van der Waals surface area contributed by atoms with Crippen LogP contribution in [0, 0.1) is 0 Å². The van der Waals surface area contributed by atoms with Crippen molar-refractivity contribution < 1.29 is 43.1 Å². The molecule has 0 amide bonds. The number of aryl methyl sites for hydroxylation is 4. The Kier molecular flexibility index (Phi) is 14.7. The van der Waals surface area contributed by atoms with Crippen molar-refractivity contribution in [1.82, 2.24) is 9.13 Å². The van der Waals surface area contributed by atoms with Crippen LogP contribution >= 0.6 is 0 Å². The highest BCUT2D eigenvalue weighted by molar-refractivity contribution is 5.36. The third-order valence-electron chi connectivity index (χ3n) is 7.09. The normalized spacial score (nSPS) is 10.7. The predicted octanol–water partition coefficient (Wildman–Crippen LogP) is 0.797. The molecule has 4 nitrogen and oxygen atoms in total. The largest absolute Gasteiger partial charge is 1.00 e. The van der Waals surface area contributed by atoms with Gasteiger partial charge in [0, 0.05) is 0 Å². The van der Waals surface area contributed by atoms with Crippen LogP contribution in [0.25, 0.3) is 11.4 Å². The summed E-state index contributed by atoms with van der Waals surface area (Å²) in [5.74, 6) is 0. The molecule has 0 saturated carbocycles. The molecule has 4 aromatic rings. The Bertz CT molecular complexity index is 1070. The van der Waals surface area contributed by atoms with E-state index >= 15 is 0 Å². The highest BCUT2D eigenvalue weighted by atomic mass is 79.9. The standard InChI is InChI=1S/C32H44N4.2BrH/c1-3-5-7-9-21-33-23-25-35(27-33)31-17-13-29(14-18-31)11-12-30-15-19-32(20-16-30)36-26-24-34(28-36)22-10-8-6-4-2;;/h13-20,23-28H,3-12,21-22H2,1-2H3;2*1H/q+2;;/p-2. The molecule has 0 fully saturated rings. The Morgan fingerprint density at radius 3 is 1.29 bits per heavy atom. The first kappa shape index (κ1) is 32.0. The molecule has 38 heavy (non-hydrogen) atoms. The van der Waals surface area contributed by atoms with Crippen molar-refractivity contribution in [1.29, 1.82) is 0 Å². The van der Waals surface area contributed by atoms with Crippen LogP contribution in [-0.4, -0.2) is 9.13 Å². The fraction of sp³-hybridized carbons (Fsp3) is 0.438. The lowest BCUT2D eigenvalue weighted by Crippen LogP contribution is -3.00. The summed E-state index contributed by atoms with van der Waals surface area (Å²) in [6, 6.07) is 18.0. The average Bonchev–Trinajstić information content (AvgIpc) is 3.59. The monoisotopic (exact) mass is 642 g/mol. The number of imidazole rings is 2. The number of benzene rings is 2. The molecule has 0 radical (unpaired) electrons. The van der Waals surface area contributed by atoms with E-state index < -0.39 is 0 Å². The minimum Gasteiger partial charge on any atom is -1.00 e. The van der Waals surface area contributed by atoms with E-state index in [2.05, 4.69) is 118 Å². The van der Waals surface area contributed by atoms with Crippen molar-refractivity contribution in [2.45, 2.75) is 91.1 Å². The second-order valence-electron chi connectivity index (χ2n) is 10.1. The highest BCUT2D eigenvalue weighted by Crippen LogP contribution is 2.14. The Hall–Kier alpha value is -2.18. The topological polar surface area (TPSA) is 17.6 Å². The molecule has 0 bridgehead atoms. The van der Waals surface area contributed by atoms with E-state index in [-0.39, 0.29) is 34.0 Å². The minimum absolute atomic E-state index is 0. The number of rotatable bonds is 15. The molecule has 206 valence electrons. The molecule has 0 unspecified atom stereocenters. The van der Waals surface area contributed by atoms with E-state index in [9.17, 15) is 0 Å². The van der Waals surface area contributed by atoms with Crippen LogP contribution in [0.1, 0.15) is 76.3 Å². The SMILES string of the molecule is CCCCCC[n+]1ccn(-c2ccc(CCc3ccc(-n4cc[n+](CCCCCC)c4)cc3)cc2)c1.[Br-].[Br-]. The smallest absolute Gasteiger partial charge is 0.248 e. The van der Waals surface area contributed by atoms with Crippen molar-refractivity contribution in [3.63, 3.8) is 0 Å². The maximum absolute atomic E-state index is 2.30. The van der Waals surface area contributed by atoms with E-state index in [0.29, 0.717) is 0 Å². The Balaban J connectivity index is 0.00000253. The summed E-state index contributed by atoms with van der Waals surface area (Å²) in [6.07, 6.45) is 25.6. The zero-order chi connectivity index (χ0) is 25.0. The second kappa shape index (κ2) is 17.4. The molecule has 0 aliphatic heterocycles. The molecule has 0 aliphatic carbocycles. The van der Waals surface area contributed by atoms with Gasteiger partial charge in [0.25, 0.3) is 0 Å². The lowest BCUT2D eigenvalue weighted by molar-refractivity contribution is -0.696. The molecule has 6 heteroatoms. The molecule has 2 aromatic carbocycles.